The van der Waals surface area contributed by atoms with E-state index in [-0.39, 0.29) is 11.3 Å². The highest BCUT2D eigenvalue weighted by molar-refractivity contribution is 5.89. The van der Waals surface area contributed by atoms with Crippen molar-refractivity contribution in [1.82, 2.24) is 0 Å². The maximum absolute atomic E-state index is 14.5. The predicted octanol–water partition coefficient (Wildman–Crippen LogP) is 6.56. The highest BCUT2D eigenvalue weighted by atomic mass is 19.1. The SMILES string of the molecule is CCCCCCCCOc1ccc(-c2ccc(C(=O)O)cc2C(C)C#N)cc1F. The molecule has 0 spiro atoms. The Balaban J connectivity index is 2.11. The molecule has 0 aromatic heterocycles. The topological polar surface area (TPSA) is 70.3 Å². The average molecular weight is 397 g/mol. The zero-order valence-electron chi connectivity index (χ0n) is 17.1. The fourth-order valence-electron chi connectivity index (χ4n) is 3.24. The van der Waals surface area contributed by atoms with Crippen molar-refractivity contribution in [2.24, 2.45) is 0 Å². The van der Waals surface area contributed by atoms with E-state index in [1.807, 2.05) is 0 Å². The minimum atomic E-state index is -1.06. The van der Waals surface area contributed by atoms with Crippen LogP contribution in [0.2, 0.25) is 0 Å². The predicted molar refractivity (Wildman–Crippen MR) is 112 cm³/mol. The molecule has 0 saturated heterocycles. The number of hydrogen-bond donors (Lipinski definition) is 1. The highest BCUT2D eigenvalue weighted by Gasteiger charge is 2.16. The number of ether oxygens (including phenoxy) is 1. The standard InChI is InChI=1S/C24H28FNO3/c1-3-4-5-6-7-8-13-29-23-12-10-18(15-22(23)25)20-11-9-19(24(27)28)14-21(20)17(2)16-26/h9-12,14-15,17H,3-8,13H2,1-2H3,(H,27,28). The van der Waals surface area contributed by atoms with Gasteiger partial charge in [0.25, 0.3) is 0 Å². The van der Waals surface area contributed by atoms with Crippen LogP contribution < -0.4 is 4.74 Å². The summed E-state index contributed by atoms with van der Waals surface area (Å²) in [7, 11) is 0. The number of carboxylic acid groups (broad SMARTS) is 1. The molecule has 1 unspecified atom stereocenters. The maximum Gasteiger partial charge on any atom is 0.335 e. The number of carboxylic acids is 1. The van der Waals surface area contributed by atoms with E-state index in [1.165, 1.54) is 43.9 Å². The summed E-state index contributed by atoms with van der Waals surface area (Å²) in [6, 6.07) is 11.4. The van der Waals surface area contributed by atoms with E-state index < -0.39 is 17.7 Å². The van der Waals surface area contributed by atoms with Crippen molar-refractivity contribution in [2.45, 2.75) is 58.3 Å². The number of carbonyl (C=O) groups is 1. The summed E-state index contributed by atoms with van der Waals surface area (Å²) in [5.74, 6) is -1.84. The zero-order valence-corrected chi connectivity index (χ0v) is 17.1. The van der Waals surface area contributed by atoms with Gasteiger partial charge >= 0.3 is 5.97 Å². The fourth-order valence-corrected chi connectivity index (χ4v) is 3.24. The summed E-state index contributed by atoms with van der Waals surface area (Å²) < 4.78 is 20.1. The van der Waals surface area contributed by atoms with Gasteiger partial charge in [0, 0.05) is 0 Å². The Morgan fingerprint density at radius 2 is 1.86 bits per heavy atom. The molecule has 0 radical (unpaired) electrons. The number of aromatic carboxylic acids is 1. The first-order chi connectivity index (χ1) is 14.0. The van der Waals surface area contributed by atoms with Crippen LogP contribution >= 0.6 is 0 Å². The van der Waals surface area contributed by atoms with Crippen LogP contribution in [0, 0.1) is 17.1 Å². The van der Waals surface area contributed by atoms with Gasteiger partial charge in [0.2, 0.25) is 0 Å². The molecule has 154 valence electrons. The van der Waals surface area contributed by atoms with E-state index in [0.717, 1.165) is 12.8 Å². The summed E-state index contributed by atoms with van der Waals surface area (Å²) in [6.45, 7) is 4.35. The van der Waals surface area contributed by atoms with Gasteiger partial charge < -0.3 is 9.84 Å². The monoisotopic (exact) mass is 397 g/mol. The number of halogens is 1. The summed E-state index contributed by atoms with van der Waals surface area (Å²) in [6.07, 6.45) is 6.82. The third-order valence-electron chi connectivity index (χ3n) is 4.96. The van der Waals surface area contributed by atoms with Crippen molar-refractivity contribution >= 4 is 5.97 Å². The van der Waals surface area contributed by atoms with Crippen LogP contribution in [0.3, 0.4) is 0 Å². The van der Waals surface area contributed by atoms with Crippen LogP contribution in [0.4, 0.5) is 4.39 Å². The van der Waals surface area contributed by atoms with Crippen LogP contribution in [0.15, 0.2) is 36.4 Å². The van der Waals surface area contributed by atoms with Gasteiger partial charge in [0.15, 0.2) is 11.6 Å². The quantitative estimate of drug-likeness (QED) is 0.436. The summed E-state index contributed by atoms with van der Waals surface area (Å²) in [4.78, 5) is 11.2. The fraction of sp³-hybridized carbons (Fsp3) is 0.417. The van der Waals surface area contributed by atoms with E-state index in [0.29, 0.717) is 23.3 Å². The zero-order chi connectivity index (χ0) is 21.2. The van der Waals surface area contributed by atoms with Crippen molar-refractivity contribution in [3.8, 4) is 22.9 Å². The Labute approximate surface area is 171 Å². The number of hydrogen-bond acceptors (Lipinski definition) is 3. The second kappa shape index (κ2) is 11.2. The molecular formula is C24H28FNO3. The van der Waals surface area contributed by atoms with Crippen LogP contribution in [-0.4, -0.2) is 17.7 Å². The number of nitrogens with zero attached hydrogens (tertiary/aromatic N) is 1. The largest absolute Gasteiger partial charge is 0.491 e. The van der Waals surface area contributed by atoms with Crippen molar-refractivity contribution in [2.75, 3.05) is 6.61 Å². The molecule has 2 rings (SSSR count). The second-order valence-electron chi connectivity index (χ2n) is 7.22. The van der Waals surface area contributed by atoms with Crippen LogP contribution in [0.1, 0.15) is 74.2 Å². The van der Waals surface area contributed by atoms with Crippen LogP contribution in [-0.2, 0) is 0 Å². The molecule has 0 bridgehead atoms. The molecule has 1 N–H and O–H groups in total. The van der Waals surface area contributed by atoms with E-state index in [2.05, 4.69) is 13.0 Å². The number of unbranched alkanes of at least 4 members (excludes halogenated alkanes) is 5. The lowest BCUT2D eigenvalue weighted by atomic mass is 9.90. The van der Waals surface area contributed by atoms with Gasteiger partial charge in [0.05, 0.1) is 24.2 Å². The van der Waals surface area contributed by atoms with Gasteiger partial charge in [-0.2, -0.15) is 5.26 Å². The average Bonchev–Trinajstić information content (AvgIpc) is 2.73. The Kier molecular flexibility index (Phi) is 8.67. The minimum absolute atomic E-state index is 0.102. The first kappa shape index (κ1) is 22.4. The smallest absolute Gasteiger partial charge is 0.335 e. The van der Waals surface area contributed by atoms with E-state index in [9.17, 15) is 19.6 Å². The molecule has 2 aromatic carbocycles. The molecule has 2 aromatic rings. The summed E-state index contributed by atoms with van der Waals surface area (Å²) in [5, 5.41) is 18.5. The van der Waals surface area contributed by atoms with E-state index in [4.69, 9.17) is 4.74 Å². The van der Waals surface area contributed by atoms with Gasteiger partial charge in [-0.1, -0.05) is 51.2 Å². The van der Waals surface area contributed by atoms with Crippen molar-refractivity contribution in [3.05, 3.63) is 53.3 Å². The van der Waals surface area contributed by atoms with Crippen molar-refractivity contribution in [3.63, 3.8) is 0 Å². The molecule has 0 amide bonds. The van der Waals surface area contributed by atoms with Crippen molar-refractivity contribution in [1.29, 1.82) is 5.26 Å². The van der Waals surface area contributed by atoms with Gasteiger partial charge in [-0.25, -0.2) is 9.18 Å². The Bertz CT molecular complexity index is 873. The van der Waals surface area contributed by atoms with Gasteiger partial charge in [-0.3, -0.25) is 0 Å². The maximum atomic E-state index is 14.5. The number of nitriles is 1. The molecule has 0 aliphatic carbocycles. The van der Waals surface area contributed by atoms with Crippen molar-refractivity contribution < 1.29 is 19.0 Å². The van der Waals surface area contributed by atoms with Crippen LogP contribution in [0.25, 0.3) is 11.1 Å². The molecule has 1 atom stereocenters. The molecule has 0 saturated carbocycles. The second-order valence-corrected chi connectivity index (χ2v) is 7.22. The molecule has 0 fully saturated rings. The van der Waals surface area contributed by atoms with Gasteiger partial charge in [-0.05, 0) is 54.3 Å². The van der Waals surface area contributed by atoms with E-state index in [1.54, 1.807) is 25.1 Å². The van der Waals surface area contributed by atoms with Gasteiger partial charge in [0.1, 0.15) is 0 Å². The molecule has 0 aliphatic heterocycles. The minimum Gasteiger partial charge on any atom is -0.491 e. The van der Waals surface area contributed by atoms with Gasteiger partial charge in [-0.15, -0.1) is 0 Å². The van der Waals surface area contributed by atoms with E-state index >= 15 is 0 Å². The highest BCUT2D eigenvalue weighted by Crippen LogP contribution is 2.32. The first-order valence-electron chi connectivity index (χ1n) is 10.2. The number of benzene rings is 2. The number of rotatable bonds is 11. The normalized spacial score (nSPS) is 11.7. The third-order valence-corrected chi connectivity index (χ3v) is 4.96. The molecule has 0 aliphatic rings. The molecule has 29 heavy (non-hydrogen) atoms. The lowest BCUT2D eigenvalue weighted by Crippen LogP contribution is -2.02. The first-order valence-corrected chi connectivity index (χ1v) is 10.2. The van der Waals surface area contributed by atoms with Crippen LogP contribution in [0.5, 0.6) is 5.75 Å². The Hall–Kier alpha value is -2.87. The third kappa shape index (κ3) is 6.32. The Morgan fingerprint density at radius 1 is 1.14 bits per heavy atom. The Morgan fingerprint density at radius 3 is 2.52 bits per heavy atom. The summed E-state index contributed by atoms with van der Waals surface area (Å²) >= 11 is 0. The molecule has 4 nitrogen and oxygen atoms in total. The lowest BCUT2D eigenvalue weighted by molar-refractivity contribution is 0.0697. The summed E-state index contributed by atoms with van der Waals surface area (Å²) in [5.41, 5.74) is 1.90. The molecular weight excluding hydrogens is 369 g/mol. The molecule has 0 heterocycles. The lowest BCUT2D eigenvalue weighted by Gasteiger charge is -2.14. The molecule has 5 heteroatoms.